The van der Waals surface area contributed by atoms with E-state index >= 15 is 0 Å². The highest BCUT2D eigenvalue weighted by atomic mass is 32.1. The molecule has 0 spiro atoms. The Morgan fingerprint density at radius 1 is 1.71 bits per heavy atom. The highest BCUT2D eigenvalue weighted by Gasteiger charge is 2.59. The van der Waals surface area contributed by atoms with Crippen LogP contribution in [0.3, 0.4) is 0 Å². The molecule has 1 unspecified atom stereocenters. The molecule has 1 N–H and O–H groups in total. The van der Waals surface area contributed by atoms with Crippen LogP contribution in [-0.4, -0.2) is 28.6 Å². The first-order valence-electron chi connectivity index (χ1n) is 5.15. The fourth-order valence-corrected chi connectivity index (χ4v) is 2.60. The number of aliphatic hydroxyl groups excluding tert-OH is 1. The van der Waals surface area contributed by atoms with Crippen molar-refractivity contribution in [1.29, 1.82) is 0 Å². The predicted octanol–water partition coefficient (Wildman–Crippen LogP) is 1.93. The third kappa shape index (κ3) is 2.30. The highest BCUT2D eigenvalue weighted by Crippen LogP contribution is 2.56. The number of esters is 1. The van der Waals surface area contributed by atoms with Gasteiger partial charge in [0.25, 0.3) is 5.92 Å². The topological polar surface area (TPSA) is 59.4 Å². The summed E-state index contributed by atoms with van der Waals surface area (Å²) in [5.74, 6) is -4.26. The van der Waals surface area contributed by atoms with Crippen LogP contribution in [0.4, 0.5) is 8.78 Å². The lowest BCUT2D eigenvalue weighted by Gasteiger charge is -1.98. The third-order valence-electron chi connectivity index (χ3n) is 2.45. The van der Waals surface area contributed by atoms with Crippen LogP contribution in [0.25, 0.3) is 0 Å². The first-order valence-corrected chi connectivity index (χ1v) is 5.96. The lowest BCUT2D eigenvalue weighted by Crippen LogP contribution is -2.05. The predicted molar refractivity (Wildman–Crippen MR) is 56.3 cm³/mol. The summed E-state index contributed by atoms with van der Waals surface area (Å²) in [5.41, 5.74) is 0.117. The zero-order valence-corrected chi connectivity index (χ0v) is 9.89. The Labute approximate surface area is 100 Å². The summed E-state index contributed by atoms with van der Waals surface area (Å²) < 4.78 is 30.5. The number of hydrogen-bond donors (Lipinski definition) is 1. The number of carbonyl (C=O) groups is 1. The van der Waals surface area contributed by atoms with Gasteiger partial charge in [-0.15, -0.1) is 11.3 Å². The van der Waals surface area contributed by atoms with Crippen molar-refractivity contribution in [2.75, 3.05) is 6.61 Å². The van der Waals surface area contributed by atoms with E-state index in [0.717, 1.165) is 11.3 Å². The number of hydrogen-bond acceptors (Lipinski definition) is 5. The molecule has 0 amide bonds. The van der Waals surface area contributed by atoms with E-state index in [1.54, 1.807) is 6.92 Å². The molecule has 1 heterocycles. The minimum Gasteiger partial charge on any atom is -0.462 e. The maximum Gasteiger partial charge on any atom is 0.350 e. The Balaban J connectivity index is 2.24. The molecule has 1 aliphatic rings. The normalized spacial score (nSPS) is 21.3. The van der Waals surface area contributed by atoms with Crippen LogP contribution in [0.15, 0.2) is 0 Å². The van der Waals surface area contributed by atoms with E-state index in [9.17, 15) is 13.6 Å². The first-order chi connectivity index (χ1) is 7.99. The van der Waals surface area contributed by atoms with Gasteiger partial charge in [0.15, 0.2) is 0 Å². The van der Waals surface area contributed by atoms with E-state index < -0.39 is 24.4 Å². The Hall–Kier alpha value is -1.08. The van der Waals surface area contributed by atoms with Crippen molar-refractivity contribution in [3.63, 3.8) is 0 Å². The fraction of sp³-hybridized carbons (Fsp3) is 0.600. The zero-order valence-electron chi connectivity index (χ0n) is 9.07. The van der Waals surface area contributed by atoms with Gasteiger partial charge in [-0.1, -0.05) is 0 Å². The second-order valence-corrected chi connectivity index (χ2v) is 4.75. The summed E-state index contributed by atoms with van der Waals surface area (Å²) in [4.78, 5) is 15.5. The molecule has 0 radical (unpaired) electrons. The molecule has 1 fully saturated rings. The molecular formula is C10H11F2NO3S. The molecule has 0 bridgehead atoms. The van der Waals surface area contributed by atoms with Crippen molar-refractivity contribution in [3.05, 3.63) is 15.6 Å². The average molecular weight is 263 g/mol. The van der Waals surface area contributed by atoms with Gasteiger partial charge in [0, 0.05) is 6.42 Å². The van der Waals surface area contributed by atoms with Crippen LogP contribution in [0.1, 0.15) is 39.6 Å². The minimum absolute atomic E-state index is 0.117. The van der Waals surface area contributed by atoms with E-state index in [-0.39, 0.29) is 28.6 Å². The Morgan fingerprint density at radius 3 is 2.82 bits per heavy atom. The molecule has 0 aliphatic heterocycles. The summed E-state index contributed by atoms with van der Waals surface area (Å²) >= 11 is 0.879. The molecule has 17 heavy (non-hydrogen) atoms. The van der Waals surface area contributed by atoms with Crippen molar-refractivity contribution >= 4 is 17.3 Å². The number of alkyl halides is 2. The molecule has 94 valence electrons. The maximum atomic E-state index is 12.9. The summed E-state index contributed by atoms with van der Waals surface area (Å²) in [6.07, 6.45) is -0.242. The lowest BCUT2D eigenvalue weighted by molar-refractivity contribution is 0.0528. The lowest BCUT2D eigenvalue weighted by atomic mass is 10.3. The molecule has 4 nitrogen and oxygen atoms in total. The van der Waals surface area contributed by atoms with E-state index in [2.05, 4.69) is 4.98 Å². The molecule has 1 aromatic heterocycles. The Kier molecular flexibility index (Phi) is 3.13. The molecule has 1 aromatic rings. The van der Waals surface area contributed by atoms with E-state index in [1.807, 2.05) is 0 Å². The van der Waals surface area contributed by atoms with Crippen LogP contribution in [-0.2, 0) is 11.3 Å². The average Bonchev–Trinajstić information content (AvgIpc) is 2.76. The van der Waals surface area contributed by atoms with Gasteiger partial charge in [-0.25, -0.2) is 18.6 Å². The SMILES string of the molecule is CCOC(=O)c1sc(C2CC2(F)F)nc1CO. The van der Waals surface area contributed by atoms with Crippen molar-refractivity contribution < 1.29 is 23.4 Å². The van der Waals surface area contributed by atoms with Crippen LogP contribution >= 0.6 is 11.3 Å². The number of halogens is 2. The number of rotatable bonds is 4. The van der Waals surface area contributed by atoms with Crippen molar-refractivity contribution in [2.24, 2.45) is 0 Å². The maximum absolute atomic E-state index is 12.9. The first kappa shape index (κ1) is 12.4. The largest absolute Gasteiger partial charge is 0.462 e. The molecule has 0 saturated heterocycles. The second-order valence-electron chi connectivity index (χ2n) is 3.72. The number of aromatic nitrogens is 1. The number of aliphatic hydroxyl groups is 1. The monoisotopic (exact) mass is 263 g/mol. The number of ether oxygens (including phenoxy) is 1. The van der Waals surface area contributed by atoms with Gasteiger partial charge < -0.3 is 9.84 Å². The van der Waals surface area contributed by atoms with Crippen LogP contribution in [0.5, 0.6) is 0 Å². The van der Waals surface area contributed by atoms with E-state index in [0.29, 0.717) is 0 Å². The minimum atomic E-state index is -2.73. The van der Waals surface area contributed by atoms with Crippen LogP contribution < -0.4 is 0 Å². The number of carbonyl (C=O) groups excluding carboxylic acids is 1. The van der Waals surface area contributed by atoms with Gasteiger partial charge in [-0.05, 0) is 6.92 Å². The van der Waals surface area contributed by atoms with Crippen molar-refractivity contribution in [2.45, 2.75) is 31.8 Å². The molecular weight excluding hydrogens is 252 g/mol. The van der Waals surface area contributed by atoms with Gasteiger partial charge in [-0.3, -0.25) is 0 Å². The fourth-order valence-electron chi connectivity index (χ4n) is 1.46. The quantitative estimate of drug-likeness (QED) is 0.843. The standard InChI is InChI=1S/C10H11F2NO3S/c1-2-16-9(15)7-6(4-14)13-8(17-7)5-3-10(5,11)12/h5,14H,2-4H2,1H3. The second kappa shape index (κ2) is 4.30. The molecule has 1 saturated carbocycles. The van der Waals surface area contributed by atoms with Crippen LogP contribution in [0, 0.1) is 0 Å². The van der Waals surface area contributed by atoms with Crippen molar-refractivity contribution in [1.82, 2.24) is 4.98 Å². The smallest absolute Gasteiger partial charge is 0.350 e. The number of thiazole rings is 1. The molecule has 1 atom stereocenters. The van der Waals surface area contributed by atoms with Gasteiger partial charge in [0.05, 0.1) is 24.8 Å². The molecule has 7 heteroatoms. The van der Waals surface area contributed by atoms with E-state index in [1.165, 1.54) is 0 Å². The van der Waals surface area contributed by atoms with Gasteiger partial charge in [0.2, 0.25) is 0 Å². The molecule has 2 rings (SSSR count). The van der Waals surface area contributed by atoms with Crippen molar-refractivity contribution in [3.8, 4) is 0 Å². The molecule has 0 aromatic carbocycles. The Morgan fingerprint density at radius 2 is 2.35 bits per heavy atom. The van der Waals surface area contributed by atoms with E-state index in [4.69, 9.17) is 9.84 Å². The highest BCUT2D eigenvalue weighted by molar-refractivity contribution is 7.13. The summed E-state index contributed by atoms with van der Waals surface area (Å²) in [7, 11) is 0. The number of nitrogens with zero attached hydrogens (tertiary/aromatic N) is 1. The molecule has 1 aliphatic carbocycles. The summed E-state index contributed by atoms with van der Waals surface area (Å²) in [6, 6.07) is 0. The van der Waals surface area contributed by atoms with Gasteiger partial charge >= 0.3 is 5.97 Å². The van der Waals surface area contributed by atoms with Crippen LogP contribution in [0.2, 0.25) is 0 Å². The van der Waals surface area contributed by atoms with Gasteiger partial charge in [-0.2, -0.15) is 0 Å². The summed E-state index contributed by atoms with van der Waals surface area (Å²) in [5, 5.41) is 9.23. The third-order valence-corrected chi connectivity index (χ3v) is 3.64. The van der Waals surface area contributed by atoms with Gasteiger partial charge in [0.1, 0.15) is 9.88 Å². The summed E-state index contributed by atoms with van der Waals surface area (Å²) in [6.45, 7) is 1.38. The zero-order chi connectivity index (χ0) is 12.6. The Bertz CT molecular complexity index is 447.